The molecule has 0 spiro atoms. The summed E-state index contributed by atoms with van der Waals surface area (Å²) in [5, 5.41) is 19.8. The lowest BCUT2D eigenvalue weighted by molar-refractivity contribution is -0.384. The Labute approximate surface area is 114 Å². The van der Waals surface area contributed by atoms with Crippen LogP contribution in [0.3, 0.4) is 0 Å². The molecule has 0 atom stereocenters. The Morgan fingerprint density at radius 1 is 1.35 bits per heavy atom. The average Bonchev–Trinajstić information content (AvgIpc) is 2.79. The number of ether oxygens (including phenoxy) is 1. The fraction of sp³-hybridized carbons (Fsp3) is 0.154. The maximum Gasteiger partial charge on any atom is 0.352 e. The number of nitrogens with zero attached hydrogens (tertiary/aromatic N) is 2. The first kappa shape index (κ1) is 13.6. The third-order valence-corrected chi connectivity index (χ3v) is 3.01. The Balaban J connectivity index is 2.58. The van der Waals surface area contributed by atoms with Crippen molar-refractivity contribution >= 4 is 11.7 Å². The van der Waals surface area contributed by atoms with Gasteiger partial charge in [0.2, 0.25) is 0 Å². The van der Waals surface area contributed by atoms with E-state index < -0.39 is 10.9 Å². The lowest BCUT2D eigenvalue weighted by Crippen LogP contribution is -2.05. The third kappa shape index (κ3) is 2.20. The van der Waals surface area contributed by atoms with Crippen molar-refractivity contribution in [2.24, 2.45) is 7.05 Å². The van der Waals surface area contributed by atoms with Crippen LogP contribution in [0.5, 0.6) is 5.75 Å². The van der Waals surface area contributed by atoms with Crippen molar-refractivity contribution in [3.8, 4) is 17.0 Å². The molecule has 0 aliphatic heterocycles. The first-order valence-corrected chi connectivity index (χ1v) is 5.67. The fourth-order valence-electron chi connectivity index (χ4n) is 2.00. The summed E-state index contributed by atoms with van der Waals surface area (Å²) < 4.78 is 6.64. The molecule has 0 aliphatic rings. The molecule has 0 unspecified atom stereocenters. The van der Waals surface area contributed by atoms with Gasteiger partial charge in [0, 0.05) is 18.7 Å². The molecule has 0 amide bonds. The van der Waals surface area contributed by atoms with Crippen LogP contribution in [0.2, 0.25) is 0 Å². The Hall–Kier alpha value is -2.83. The van der Waals surface area contributed by atoms with Crippen molar-refractivity contribution in [2.45, 2.75) is 0 Å². The average molecular weight is 276 g/mol. The van der Waals surface area contributed by atoms with E-state index in [0.717, 1.165) is 0 Å². The van der Waals surface area contributed by atoms with Crippen LogP contribution in [0.4, 0.5) is 5.69 Å². The number of hydrogen-bond acceptors (Lipinski definition) is 4. The Bertz CT molecular complexity index is 690. The highest BCUT2D eigenvalue weighted by atomic mass is 16.6. The molecule has 0 bridgehead atoms. The van der Waals surface area contributed by atoms with Crippen LogP contribution < -0.4 is 4.74 Å². The Morgan fingerprint density at radius 3 is 2.55 bits per heavy atom. The van der Waals surface area contributed by atoms with Crippen molar-refractivity contribution in [2.75, 3.05) is 7.11 Å². The number of hydrogen-bond donors (Lipinski definition) is 1. The van der Waals surface area contributed by atoms with Crippen LogP contribution in [-0.2, 0) is 7.05 Å². The van der Waals surface area contributed by atoms with Crippen LogP contribution in [-0.4, -0.2) is 27.7 Å². The van der Waals surface area contributed by atoms with E-state index in [9.17, 15) is 14.9 Å². The molecule has 0 saturated heterocycles. The minimum absolute atomic E-state index is 0.0849. The molecule has 1 aromatic carbocycles. The molecule has 1 heterocycles. The molecule has 1 aromatic heterocycles. The normalized spacial score (nSPS) is 10.3. The largest absolute Gasteiger partial charge is 0.496 e. The van der Waals surface area contributed by atoms with Crippen LogP contribution >= 0.6 is 0 Å². The van der Waals surface area contributed by atoms with Gasteiger partial charge < -0.3 is 14.4 Å². The van der Waals surface area contributed by atoms with E-state index in [1.165, 1.54) is 35.9 Å². The van der Waals surface area contributed by atoms with Gasteiger partial charge in [-0.25, -0.2) is 4.79 Å². The van der Waals surface area contributed by atoms with E-state index in [1.807, 2.05) is 0 Å². The standard InChI is InChI=1S/C13H12N2O5/c1-14-10(5-6-11(14)13(16)17)9-4-3-8(15(18)19)7-12(9)20-2/h3-7H,1-2H3,(H,16,17). The monoisotopic (exact) mass is 276 g/mol. The van der Waals surface area contributed by atoms with E-state index in [2.05, 4.69) is 0 Å². The summed E-state index contributed by atoms with van der Waals surface area (Å²) in [6.45, 7) is 0. The number of non-ortho nitro benzene ring substituents is 1. The third-order valence-electron chi connectivity index (χ3n) is 3.01. The smallest absolute Gasteiger partial charge is 0.352 e. The van der Waals surface area contributed by atoms with Gasteiger partial charge in [0.05, 0.1) is 23.8 Å². The molecular formula is C13H12N2O5. The summed E-state index contributed by atoms with van der Waals surface area (Å²) in [7, 11) is 3.02. The van der Waals surface area contributed by atoms with Crippen LogP contribution in [0.1, 0.15) is 10.5 Å². The van der Waals surface area contributed by atoms with Gasteiger partial charge in [-0.05, 0) is 18.2 Å². The lowest BCUT2D eigenvalue weighted by Gasteiger charge is -2.10. The molecule has 20 heavy (non-hydrogen) atoms. The van der Waals surface area contributed by atoms with Crippen LogP contribution in [0.25, 0.3) is 11.3 Å². The highest BCUT2D eigenvalue weighted by Crippen LogP contribution is 2.33. The first-order valence-electron chi connectivity index (χ1n) is 5.67. The molecule has 0 saturated carbocycles. The Kier molecular flexibility index (Phi) is 3.43. The second-order valence-electron chi connectivity index (χ2n) is 4.11. The summed E-state index contributed by atoms with van der Waals surface area (Å²) in [4.78, 5) is 21.3. The predicted octanol–water partition coefficient (Wildman–Crippen LogP) is 2.31. The number of methoxy groups -OCH3 is 1. The van der Waals surface area contributed by atoms with Gasteiger partial charge in [-0.1, -0.05) is 0 Å². The van der Waals surface area contributed by atoms with Gasteiger partial charge in [0.25, 0.3) is 5.69 Å². The van der Waals surface area contributed by atoms with Crippen molar-refractivity contribution in [1.29, 1.82) is 0 Å². The van der Waals surface area contributed by atoms with E-state index in [-0.39, 0.29) is 11.4 Å². The number of aromatic carboxylic acids is 1. The lowest BCUT2D eigenvalue weighted by atomic mass is 10.1. The molecule has 0 aliphatic carbocycles. The maximum absolute atomic E-state index is 11.0. The number of nitro groups is 1. The molecule has 7 heteroatoms. The topological polar surface area (TPSA) is 94.6 Å². The number of nitro benzene ring substituents is 1. The summed E-state index contributed by atoms with van der Waals surface area (Å²) in [6, 6.07) is 7.30. The quantitative estimate of drug-likeness (QED) is 0.683. The van der Waals surface area contributed by atoms with E-state index >= 15 is 0 Å². The number of carbonyl (C=O) groups is 1. The van der Waals surface area contributed by atoms with Gasteiger partial charge in [0.1, 0.15) is 11.4 Å². The van der Waals surface area contributed by atoms with Gasteiger partial charge in [0.15, 0.2) is 0 Å². The van der Waals surface area contributed by atoms with Crippen molar-refractivity contribution < 1.29 is 19.6 Å². The number of aromatic nitrogens is 1. The Morgan fingerprint density at radius 2 is 2.05 bits per heavy atom. The summed E-state index contributed by atoms with van der Waals surface area (Å²) in [5.41, 5.74) is 1.24. The molecule has 7 nitrogen and oxygen atoms in total. The van der Waals surface area contributed by atoms with Crippen molar-refractivity contribution in [1.82, 2.24) is 4.57 Å². The summed E-state index contributed by atoms with van der Waals surface area (Å²) in [6.07, 6.45) is 0. The van der Waals surface area contributed by atoms with Gasteiger partial charge in [-0.2, -0.15) is 0 Å². The van der Waals surface area contributed by atoms with Crippen molar-refractivity contribution in [3.05, 3.63) is 46.1 Å². The first-order chi connectivity index (χ1) is 9.45. The molecule has 1 N–H and O–H groups in total. The zero-order valence-corrected chi connectivity index (χ0v) is 10.9. The zero-order chi connectivity index (χ0) is 14.9. The van der Waals surface area contributed by atoms with Gasteiger partial charge in [-0.15, -0.1) is 0 Å². The van der Waals surface area contributed by atoms with E-state index in [1.54, 1.807) is 13.1 Å². The maximum atomic E-state index is 11.0. The van der Waals surface area contributed by atoms with E-state index in [0.29, 0.717) is 17.0 Å². The van der Waals surface area contributed by atoms with Crippen molar-refractivity contribution in [3.63, 3.8) is 0 Å². The molecule has 0 radical (unpaired) electrons. The minimum Gasteiger partial charge on any atom is -0.496 e. The highest BCUT2D eigenvalue weighted by molar-refractivity contribution is 5.88. The number of carboxylic acids is 1. The predicted molar refractivity (Wildman–Crippen MR) is 71.0 cm³/mol. The van der Waals surface area contributed by atoms with Crippen LogP contribution in [0.15, 0.2) is 30.3 Å². The number of rotatable bonds is 4. The van der Waals surface area contributed by atoms with Gasteiger partial charge in [-0.3, -0.25) is 10.1 Å². The highest BCUT2D eigenvalue weighted by Gasteiger charge is 2.17. The summed E-state index contributed by atoms with van der Waals surface area (Å²) >= 11 is 0. The second-order valence-corrected chi connectivity index (χ2v) is 4.11. The van der Waals surface area contributed by atoms with Crippen LogP contribution in [0, 0.1) is 10.1 Å². The minimum atomic E-state index is -1.04. The molecule has 2 aromatic rings. The molecule has 104 valence electrons. The molecule has 0 fully saturated rings. The molecule has 2 rings (SSSR count). The SMILES string of the molecule is COc1cc([N+](=O)[O-])ccc1-c1ccc(C(=O)O)n1C. The van der Waals surface area contributed by atoms with Gasteiger partial charge >= 0.3 is 5.97 Å². The fourth-order valence-corrected chi connectivity index (χ4v) is 2.00. The zero-order valence-electron chi connectivity index (χ0n) is 10.9. The van der Waals surface area contributed by atoms with E-state index in [4.69, 9.17) is 9.84 Å². The number of carboxylic acid groups (broad SMARTS) is 1. The number of benzene rings is 1. The molecular weight excluding hydrogens is 264 g/mol. The second kappa shape index (κ2) is 5.04. The summed E-state index contributed by atoms with van der Waals surface area (Å²) in [5.74, 6) is -0.725.